The Bertz CT molecular complexity index is 594. The Kier molecular flexibility index (Phi) is 3.71. The van der Waals surface area contributed by atoms with E-state index in [0.717, 1.165) is 0 Å². The number of fused-ring (bicyclic) bond motifs is 1. The molecule has 102 valence electrons. The molecule has 0 aliphatic heterocycles. The number of nitrogens with one attached hydrogen (secondary N) is 1. The Hall–Kier alpha value is -2.08. The molecule has 0 saturated heterocycles. The summed E-state index contributed by atoms with van der Waals surface area (Å²) in [5.74, 6) is 0.587. The minimum atomic E-state index is -0.277. The van der Waals surface area contributed by atoms with Gasteiger partial charge in [-0.1, -0.05) is 0 Å². The quantitative estimate of drug-likeness (QED) is 0.887. The van der Waals surface area contributed by atoms with Crippen molar-refractivity contribution in [3.8, 4) is 0 Å². The molecule has 0 bridgehead atoms. The number of nitrogens with zero attached hydrogens (tertiary/aromatic N) is 2. The van der Waals surface area contributed by atoms with E-state index in [1.807, 2.05) is 0 Å². The summed E-state index contributed by atoms with van der Waals surface area (Å²) in [5, 5.41) is 11.8. The minimum absolute atomic E-state index is 0.0779. The molecular weight excluding hydrogens is 246 g/mol. The molecule has 0 saturated carbocycles. The molecule has 1 unspecified atom stereocenters. The summed E-state index contributed by atoms with van der Waals surface area (Å²) in [4.78, 5) is 17.6. The van der Waals surface area contributed by atoms with Gasteiger partial charge in [0.1, 0.15) is 5.52 Å². The molecule has 19 heavy (non-hydrogen) atoms. The number of aromatic nitrogens is 1. The van der Waals surface area contributed by atoms with Gasteiger partial charge in [-0.15, -0.1) is 0 Å². The number of carbonyl (C=O) groups is 1. The normalized spacial score (nSPS) is 12.4. The van der Waals surface area contributed by atoms with Crippen LogP contribution in [0.4, 0.5) is 10.5 Å². The molecule has 6 heteroatoms. The number of hydrogen-bond acceptors (Lipinski definition) is 4. The molecule has 1 aromatic heterocycles. The second kappa shape index (κ2) is 5.27. The van der Waals surface area contributed by atoms with Gasteiger partial charge >= 0.3 is 6.03 Å². The van der Waals surface area contributed by atoms with E-state index < -0.39 is 0 Å². The second-order valence-electron chi connectivity index (χ2n) is 4.49. The van der Waals surface area contributed by atoms with Gasteiger partial charge in [0, 0.05) is 19.7 Å². The first-order valence-electron chi connectivity index (χ1n) is 6.03. The van der Waals surface area contributed by atoms with E-state index in [0.29, 0.717) is 22.7 Å². The number of benzene rings is 1. The van der Waals surface area contributed by atoms with Crippen molar-refractivity contribution in [1.29, 1.82) is 0 Å². The number of amides is 2. The van der Waals surface area contributed by atoms with Gasteiger partial charge in [0.2, 0.25) is 0 Å². The molecule has 1 atom stereocenters. The van der Waals surface area contributed by atoms with Crippen LogP contribution in [0.2, 0.25) is 0 Å². The monoisotopic (exact) mass is 263 g/mol. The predicted molar refractivity (Wildman–Crippen MR) is 72.1 cm³/mol. The number of aliphatic hydroxyl groups excluding tert-OH is 1. The van der Waals surface area contributed by atoms with Gasteiger partial charge in [-0.25, -0.2) is 9.78 Å². The van der Waals surface area contributed by atoms with Crippen LogP contribution in [-0.4, -0.2) is 40.7 Å². The Morgan fingerprint density at radius 2 is 2.32 bits per heavy atom. The third-order valence-electron chi connectivity index (χ3n) is 2.99. The van der Waals surface area contributed by atoms with Crippen molar-refractivity contribution in [1.82, 2.24) is 9.88 Å². The zero-order valence-corrected chi connectivity index (χ0v) is 11.2. The molecule has 0 fully saturated rings. The number of carbonyl (C=O) groups excluding carboxylic acids is 1. The predicted octanol–water partition coefficient (Wildman–Crippen LogP) is 1.98. The Balaban J connectivity index is 2.14. The molecule has 2 aromatic rings. The highest BCUT2D eigenvalue weighted by Crippen LogP contribution is 2.19. The summed E-state index contributed by atoms with van der Waals surface area (Å²) < 4.78 is 5.36. The first kappa shape index (κ1) is 13.4. The number of urea groups is 1. The van der Waals surface area contributed by atoms with Crippen LogP contribution in [0.1, 0.15) is 12.8 Å². The first-order valence-corrected chi connectivity index (χ1v) is 6.03. The highest BCUT2D eigenvalue weighted by atomic mass is 16.3. The minimum Gasteiger partial charge on any atom is -0.441 e. The number of rotatable bonds is 3. The zero-order valence-electron chi connectivity index (χ0n) is 11.2. The number of hydrogen-bond donors (Lipinski definition) is 2. The summed E-state index contributed by atoms with van der Waals surface area (Å²) >= 11 is 0. The van der Waals surface area contributed by atoms with Crippen LogP contribution in [0.5, 0.6) is 0 Å². The second-order valence-corrected chi connectivity index (χ2v) is 4.49. The van der Waals surface area contributed by atoms with Crippen LogP contribution in [0.3, 0.4) is 0 Å². The van der Waals surface area contributed by atoms with Crippen LogP contribution in [-0.2, 0) is 0 Å². The van der Waals surface area contributed by atoms with E-state index in [1.54, 1.807) is 39.1 Å². The van der Waals surface area contributed by atoms with Gasteiger partial charge in [-0.3, -0.25) is 0 Å². The van der Waals surface area contributed by atoms with Crippen LogP contribution >= 0.6 is 0 Å². The number of aliphatic hydroxyl groups is 1. The fraction of sp³-hybridized carbons (Fsp3) is 0.385. The SMILES string of the molecule is Cc1nc2cc(NC(=O)N(C)C(C)CO)ccc2o1. The smallest absolute Gasteiger partial charge is 0.321 e. The molecule has 2 rings (SSSR count). The lowest BCUT2D eigenvalue weighted by atomic mass is 10.3. The van der Waals surface area contributed by atoms with Gasteiger partial charge in [0.15, 0.2) is 11.5 Å². The Morgan fingerprint density at radius 3 is 3.00 bits per heavy atom. The van der Waals surface area contributed by atoms with Crippen LogP contribution in [0, 0.1) is 6.92 Å². The van der Waals surface area contributed by atoms with Gasteiger partial charge in [0.05, 0.1) is 12.6 Å². The average molecular weight is 263 g/mol. The van der Waals surface area contributed by atoms with Crippen LogP contribution in [0.25, 0.3) is 11.1 Å². The molecule has 0 aliphatic rings. The zero-order chi connectivity index (χ0) is 14.0. The molecule has 1 heterocycles. The maximum atomic E-state index is 11.9. The van der Waals surface area contributed by atoms with Gasteiger partial charge in [0.25, 0.3) is 0 Å². The van der Waals surface area contributed by atoms with Crippen molar-refractivity contribution in [3.63, 3.8) is 0 Å². The van der Waals surface area contributed by atoms with Crippen molar-refractivity contribution < 1.29 is 14.3 Å². The largest absolute Gasteiger partial charge is 0.441 e. The molecule has 2 amide bonds. The van der Waals surface area contributed by atoms with Gasteiger partial charge in [-0.2, -0.15) is 0 Å². The van der Waals surface area contributed by atoms with Gasteiger partial charge in [-0.05, 0) is 25.1 Å². The van der Waals surface area contributed by atoms with Crippen molar-refractivity contribution >= 4 is 22.8 Å². The lowest BCUT2D eigenvalue weighted by molar-refractivity contribution is 0.166. The number of aryl methyl sites for hydroxylation is 1. The van der Waals surface area contributed by atoms with E-state index >= 15 is 0 Å². The topological polar surface area (TPSA) is 78.6 Å². The van der Waals surface area contributed by atoms with Crippen LogP contribution < -0.4 is 5.32 Å². The van der Waals surface area contributed by atoms with Gasteiger partial charge < -0.3 is 19.7 Å². The van der Waals surface area contributed by atoms with E-state index in [9.17, 15) is 4.79 Å². The third-order valence-corrected chi connectivity index (χ3v) is 2.99. The fourth-order valence-corrected chi connectivity index (χ4v) is 1.65. The number of anilines is 1. The molecular formula is C13H17N3O3. The lowest BCUT2D eigenvalue weighted by Crippen LogP contribution is -2.40. The van der Waals surface area contributed by atoms with Crippen molar-refractivity contribution in [3.05, 3.63) is 24.1 Å². The average Bonchev–Trinajstić information content (AvgIpc) is 2.76. The van der Waals surface area contributed by atoms with E-state index in [-0.39, 0.29) is 18.7 Å². The van der Waals surface area contributed by atoms with Crippen molar-refractivity contribution in [2.45, 2.75) is 19.9 Å². The third kappa shape index (κ3) is 2.85. The molecule has 6 nitrogen and oxygen atoms in total. The molecule has 2 N–H and O–H groups in total. The molecule has 0 radical (unpaired) electrons. The fourth-order valence-electron chi connectivity index (χ4n) is 1.65. The summed E-state index contributed by atoms with van der Waals surface area (Å²) in [6, 6.07) is 4.75. The maximum absolute atomic E-state index is 11.9. The van der Waals surface area contributed by atoms with E-state index in [4.69, 9.17) is 9.52 Å². The summed E-state index contributed by atoms with van der Waals surface area (Å²) in [6.45, 7) is 3.46. The highest BCUT2D eigenvalue weighted by molar-refractivity contribution is 5.91. The Labute approximate surface area is 111 Å². The lowest BCUT2D eigenvalue weighted by Gasteiger charge is -2.23. The van der Waals surface area contributed by atoms with Crippen molar-refractivity contribution in [2.24, 2.45) is 0 Å². The number of likely N-dealkylation sites (N-methyl/N-ethyl adjacent to an activating group) is 1. The highest BCUT2D eigenvalue weighted by Gasteiger charge is 2.15. The maximum Gasteiger partial charge on any atom is 0.321 e. The standard InChI is InChI=1S/C13H17N3O3/c1-8(7-17)16(3)13(18)15-10-4-5-12-11(6-10)14-9(2)19-12/h4-6,8,17H,7H2,1-3H3,(H,15,18). The Morgan fingerprint density at radius 1 is 1.58 bits per heavy atom. The van der Waals surface area contributed by atoms with Crippen LogP contribution in [0.15, 0.2) is 22.6 Å². The summed E-state index contributed by atoms with van der Waals surface area (Å²) in [7, 11) is 1.63. The van der Waals surface area contributed by atoms with E-state index in [2.05, 4.69) is 10.3 Å². The molecule has 0 spiro atoms. The summed E-state index contributed by atoms with van der Waals surface area (Å²) in [5.41, 5.74) is 2.03. The van der Waals surface area contributed by atoms with Crippen molar-refractivity contribution in [2.75, 3.05) is 19.0 Å². The summed E-state index contributed by atoms with van der Waals surface area (Å²) in [6.07, 6.45) is 0. The molecule has 1 aromatic carbocycles. The molecule has 0 aliphatic carbocycles. The first-order chi connectivity index (χ1) is 9.01. The number of oxazole rings is 1. The van der Waals surface area contributed by atoms with E-state index in [1.165, 1.54) is 4.90 Å².